The van der Waals surface area contributed by atoms with E-state index < -0.39 is 0 Å². The summed E-state index contributed by atoms with van der Waals surface area (Å²) in [4.78, 5) is 20.8. The average Bonchev–Trinajstić information content (AvgIpc) is 3.23. The van der Waals surface area contributed by atoms with Gasteiger partial charge >= 0.3 is 0 Å². The quantitative estimate of drug-likeness (QED) is 0.846. The Morgan fingerprint density at radius 2 is 2.35 bits per heavy atom. The molecule has 1 aliphatic rings. The van der Waals surface area contributed by atoms with E-state index >= 15 is 0 Å². The fourth-order valence-electron chi connectivity index (χ4n) is 2.45. The Kier molecular flexibility index (Phi) is 4.87. The van der Waals surface area contributed by atoms with Crippen LogP contribution >= 0.6 is 0 Å². The van der Waals surface area contributed by atoms with Crippen LogP contribution in [0.2, 0.25) is 0 Å². The molecule has 1 saturated heterocycles. The minimum atomic E-state index is -0.257. The van der Waals surface area contributed by atoms with Crippen molar-refractivity contribution < 1.29 is 13.9 Å². The van der Waals surface area contributed by atoms with E-state index in [2.05, 4.69) is 20.6 Å². The van der Waals surface area contributed by atoms with Gasteiger partial charge in [0.25, 0.3) is 5.91 Å². The molecule has 23 heavy (non-hydrogen) atoms. The Bertz CT molecular complexity index is 651. The molecule has 1 amide bonds. The summed E-state index contributed by atoms with van der Waals surface area (Å²) < 4.78 is 10.7. The first-order valence-corrected chi connectivity index (χ1v) is 7.72. The molecule has 0 aliphatic carbocycles. The van der Waals surface area contributed by atoms with Gasteiger partial charge in [-0.25, -0.2) is 9.97 Å². The minimum absolute atomic E-state index is 0.190. The molecule has 7 nitrogen and oxygen atoms in total. The van der Waals surface area contributed by atoms with E-state index in [1.807, 2.05) is 6.92 Å². The Morgan fingerprint density at radius 1 is 1.43 bits per heavy atom. The largest absolute Gasteiger partial charge is 0.467 e. The van der Waals surface area contributed by atoms with E-state index in [0.717, 1.165) is 25.1 Å². The zero-order valence-corrected chi connectivity index (χ0v) is 13.0. The number of nitrogens with zero attached hydrogens (tertiary/aromatic N) is 2. The Hall–Kier alpha value is -2.41. The maximum absolute atomic E-state index is 12.2. The highest BCUT2D eigenvalue weighted by atomic mass is 16.5. The van der Waals surface area contributed by atoms with Crippen LogP contribution in [0.3, 0.4) is 0 Å². The molecule has 1 unspecified atom stereocenters. The highest BCUT2D eigenvalue weighted by molar-refractivity contribution is 5.92. The summed E-state index contributed by atoms with van der Waals surface area (Å²) >= 11 is 0. The van der Waals surface area contributed by atoms with Gasteiger partial charge in [-0.15, -0.1) is 0 Å². The molecule has 3 rings (SSSR count). The van der Waals surface area contributed by atoms with Crippen molar-refractivity contribution in [1.82, 2.24) is 15.3 Å². The van der Waals surface area contributed by atoms with E-state index in [1.54, 1.807) is 24.5 Å². The van der Waals surface area contributed by atoms with Gasteiger partial charge in [-0.3, -0.25) is 4.79 Å². The second-order valence-electron chi connectivity index (χ2n) is 5.50. The van der Waals surface area contributed by atoms with Crippen LogP contribution in [0.5, 0.6) is 0 Å². The number of anilines is 1. The van der Waals surface area contributed by atoms with Gasteiger partial charge in [-0.2, -0.15) is 0 Å². The van der Waals surface area contributed by atoms with E-state index in [9.17, 15) is 4.79 Å². The summed E-state index contributed by atoms with van der Waals surface area (Å²) in [5, 5.41) is 5.92. The number of furan rings is 1. The van der Waals surface area contributed by atoms with Crippen molar-refractivity contribution in [3.63, 3.8) is 0 Å². The first-order valence-electron chi connectivity index (χ1n) is 7.72. The van der Waals surface area contributed by atoms with Gasteiger partial charge in [0.1, 0.15) is 11.5 Å². The summed E-state index contributed by atoms with van der Waals surface area (Å²) in [6.07, 6.45) is 3.88. The Labute approximate surface area is 134 Å². The first-order chi connectivity index (χ1) is 11.2. The monoisotopic (exact) mass is 316 g/mol. The van der Waals surface area contributed by atoms with Gasteiger partial charge in [-0.1, -0.05) is 0 Å². The lowest BCUT2D eigenvalue weighted by Crippen LogP contribution is -2.25. The zero-order chi connectivity index (χ0) is 16.1. The van der Waals surface area contributed by atoms with Crippen LogP contribution in [0.1, 0.15) is 34.8 Å². The van der Waals surface area contributed by atoms with Crippen LogP contribution < -0.4 is 10.6 Å². The number of carbonyl (C=O) groups is 1. The number of amides is 1. The highest BCUT2D eigenvalue weighted by Gasteiger charge is 2.16. The molecule has 2 aromatic heterocycles. The molecule has 7 heteroatoms. The number of hydrogen-bond acceptors (Lipinski definition) is 6. The van der Waals surface area contributed by atoms with E-state index in [0.29, 0.717) is 30.5 Å². The van der Waals surface area contributed by atoms with Crippen molar-refractivity contribution in [1.29, 1.82) is 0 Å². The molecule has 3 heterocycles. The maximum Gasteiger partial charge on any atom is 0.270 e. The summed E-state index contributed by atoms with van der Waals surface area (Å²) in [6, 6.07) is 5.25. The van der Waals surface area contributed by atoms with Crippen molar-refractivity contribution in [3.05, 3.63) is 41.6 Å². The lowest BCUT2D eigenvalue weighted by atomic mass is 10.2. The smallest absolute Gasteiger partial charge is 0.270 e. The van der Waals surface area contributed by atoms with Gasteiger partial charge in [-0.05, 0) is 38.0 Å². The van der Waals surface area contributed by atoms with Crippen molar-refractivity contribution in [2.45, 2.75) is 32.4 Å². The lowest BCUT2D eigenvalue weighted by molar-refractivity contribution is 0.0943. The van der Waals surface area contributed by atoms with E-state index in [-0.39, 0.29) is 12.0 Å². The molecule has 0 spiro atoms. The molecular formula is C16H20N4O3. The predicted molar refractivity (Wildman–Crippen MR) is 84.1 cm³/mol. The number of rotatable bonds is 6. The molecule has 1 aliphatic heterocycles. The van der Waals surface area contributed by atoms with Crippen LogP contribution in [0, 0.1) is 6.92 Å². The fourth-order valence-corrected chi connectivity index (χ4v) is 2.45. The van der Waals surface area contributed by atoms with E-state index in [4.69, 9.17) is 9.15 Å². The lowest BCUT2D eigenvalue weighted by Gasteiger charge is -2.12. The average molecular weight is 316 g/mol. The number of carbonyl (C=O) groups excluding carboxylic acids is 1. The van der Waals surface area contributed by atoms with Gasteiger partial charge < -0.3 is 19.8 Å². The molecule has 122 valence electrons. The molecule has 0 saturated carbocycles. The zero-order valence-electron chi connectivity index (χ0n) is 13.0. The van der Waals surface area contributed by atoms with E-state index in [1.165, 1.54) is 0 Å². The van der Waals surface area contributed by atoms with Crippen LogP contribution in [0.15, 0.2) is 28.9 Å². The molecule has 2 aromatic rings. The Balaban J connectivity index is 1.60. The number of aromatic nitrogens is 2. The molecular weight excluding hydrogens is 296 g/mol. The maximum atomic E-state index is 12.2. The van der Waals surface area contributed by atoms with Crippen LogP contribution in [0.4, 0.5) is 5.95 Å². The van der Waals surface area contributed by atoms with Gasteiger partial charge in [0.15, 0.2) is 0 Å². The number of aryl methyl sites for hydroxylation is 1. The van der Waals surface area contributed by atoms with Crippen molar-refractivity contribution in [2.24, 2.45) is 0 Å². The third-order valence-corrected chi connectivity index (χ3v) is 3.60. The molecule has 2 N–H and O–H groups in total. The van der Waals surface area contributed by atoms with Crippen molar-refractivity contribution in [2.75, 3.05) is 18.5 Å². The van der Waals surface area contributed by atoms with Crippen LogP contribution in [0.25, 0.3) is 0 Å². The summed E-state index contributed by atoms with van der Waals surface area (Å²) in [7, 11) is 0. The van der Waals surface area contributed by atoms with Gasteiger partial charge in [0.05, 0.1) is 18.9 Å². The summed E-state index contributed by atoms with van der Waals surface area (Å²) in [5.41, 5.74) is 1.07. The van der Waals surface area contributed by atoms with Gasteiger partial charge in [0, 0.05) is 18.8 Å². The minimum Gasteiger partial charge on any atom is -0.467 e. The number of hydrogen-bond donors (Lipinski definition) is 2. The molecule has 0 bridgehead atoms. The summed E-state index contributed by atoms with van der Waals surface area (Å²) in [6.45, 7) is 3.62. The third-order valence-electron chi connectivity index (χ3n) is 3.60. The first kappa shape index (κ1) is 15.5. The molecule has 1 atom stereocenters. The SMILES string of the molecule is Cc1cc(C(=O)NCc2ccco2)nc(NCC2CCCO2)n1. The standard InChI is InChI=1S/C16H20N4O3/c1-11-8-14(15(21)17-9-12-4-2-6-22-12)20-16(19-11)18-10-13-5-3-7-23-13/h2,4,6,8,13H,3,5,7,9-10H2,1H3,(H,17,21)(H,18,19,20). The normalized spacial score (nSPS) is 17.2. The second-order valence-corrected chi connectivity index (χ2v) is 5.50. The molecule has 1 fully saturated rings. The van der Waals surface area contributed by atoms with Crippen molar-refractivity contribution in [3.8, 4) is 0 Å². The Morgan fingerprint density at radius 3 is 3.09 bits per heavy atom. The summed E-state index contributed by atoms with van der Waals surface area (Å²) in [5.74, 6) is 0.886. The number of nitrogens with one attached hydrogen (secondary N) is 2. The highest BCUT2D eigenvalue weighted by Crippen LogP contribution is 2.13. The van der Waals surface area contributed by atoms with Crippen LogP contribution in [-0.4, -0.2) is 35.1 Å². The fraction of sp³-hybridized carbons (Fsp3) is 0.438. The van der Waals surface area contributed by atoms with Crippen molar-refractivity contribution >= 4 is 11.9 Å². The predicted octanol–water partition coefficient (Wildman–Crippen LogP) is 1.90. The second kappa shape index (κ2) is 7.23. The number of ether oxygens (including phenoxy) is 1. The molecule has 0 aromatic carbocycles. The van der Waals surface area contributed by atoms with Crippen LogP contribution in [-0.2, 0) is 11.3 Å². The van der Waals surface area contributed by atoms with Gasteiger partial charge in [0.2, 0.25) is 5.95 Å². The third kappa shape index (κ3) is 4.29. The molecule has 0 radical (unpaired) electrons. The topological polar surface area (TPSA) is 89.3 Å².